The maximum atomic E-state index is 13.8. The molecule has 13 nitrogen and oxygen atoms in total. The number of hydrogen-bond donors (Lipinski definition) is 6. The highest BCUT2D eigenvalue weighted by atomic mass is 32.1. The zero-order valence-electron chi connectivity index (χ0n) is 30.9. The van der Waals surface area contributed by atoms with Crippen LogP contribution in [0, 0.1) is 0 Å². The van der Waals surface area contributed by atoms with E-state index in [4.69, 9.17) is 10.5 Å². The number of fused-ring (bicyclic) bond motifs is 1. The van der Waals surface area contributed by atoms with E-state index in [0.29, 0.717) is 57.2 Å². The van der Waals surface area contributed by atoms with E-state index in [1.807, 2.05) is 0 Å². The number of ketones is 1. The fourth-order valence-corrected chi connectivity index (χ4v) is 8.00. The molecule has 0 spiro atoms. The van der Waals surface area contributed by atoms with Crippen molar-refractivity contribution in [3.05, 3.63) is 114 Å². The molecule has 1 amide bonds. The largest absolute Gasteiger partial charge is 0.416 e. The standard InChI is InChI=1S/C41H40F3N7O6S/c42-41(43,44)27-12-8-11-26(19-27)29-30(32(53)23-9-4-3-5-10-23)36(45)58-35(29)24-13-15-25(16-14-24)39(56)47-18-7-2-1-6-17-46-37-31-38(49-21-48-37)51(22-50-31)40-34(55)33(54)28(20-52)57-40/h3-5,8-16,19,21-22,28,33-34,40,52,54-55H,1-2,6-7,17-18,20,45H2,(H,47,56)(H,46,48,49)/t28-,33-,34-,40-/m1/s1. The van der Waals surface area contributed by atoms with Crippen LogP contribution in [0.5, 0.6) is 0 Å². The summed E-state index contributed by atoms with van der Waals surface area (Å²) >= 11 is 1.10. The number of amides is 1. The number of aromatic nitrogens is 4. The number of imidazole rings is 1. The summed E-state index contributed by atoms with van der Waals surface area (Å²) in [4.78, 5) is 40.2. The minimum Gasteiger partial charge on any atom is -0.394 e. The van der Waals surface area contributed by atoms with Gasteiger partial charge in [0.05, 0.1) is 29.1 Å². The van der Waals surface area contributed by atoms with E-state index in [2.05, 4.69) is 25.6 Å². The number of aliphatic hydroxyl groups excluding tert-OH is 3. The second kappa shape index (κ2) is 17.4. The summed E-state index contributed by atoms with van der Waals surface area (Å²) in [7, 11) is 0. The molecule has 4 atom stereocenters. The highest BCUT2D eigenvalue weighted by Gasteiger charge is 2.44. The molecule has 0 radical (unpaired) electrons. The lowest BCUT2D eigenvalue weighted by atomic mass is 9.92. The number of anilines is 2. The van der Waals surface area contributed by atoms with Crippen molar-refractivity contribution in [1.82, 2.24) is 24.8 Å². The number of carbonyl (C=O) groups excluding carboxylic acids is 2. The maximum absolute atomic E-state index is 13.8. The monoisotopic (exact) mass is 815 g/mol. The molecule has 58 heavy (non-hydrogen) atoms. The Labute approximate surface area is 334 Å². The van der Waals surface area contributed by atoms with Crippen LogP contribution in [0.1, 0.15) is 63.8 Å². The van der Waals surface area contributed by atoms with Gasteiger partial charge in [-0.05, 0) is 48.2 Å². The van der Waals surface area contributed by atoms with Crippen LogP contribution in [0.4, 0.5) is 24.0 Å². The summed E-state index contributed by atoms with van der Waals surface area (Å²) in [5.41, 5.74) is 8.40. The van der Waals surface area contributed by atoms with Crippen LogP contribution >= 0.6 is 11.3 Å². The van der Waals surface area contributed by atoms with Gasteiger partial charge in [-0.2, -0.15) is 13.2 Å². The zero-order chi connectivity index (χ0) is 41.0. The summed E-state index contributed by atoms with van der Waals surface area (Å²) in [6, 6.07) is 19.9. The lowest BCUT2D eigenvalue weighted by Gasteiger charge is -2.16. The van der Waals surface area contributed by atoms with E-state index in [-0.39, 0.29) is 22.0 Å². The highest BCUT2D eigenvalue weighted by Crippen LogP contribution is 2.46. The Balaban J connectivity index is 0.932. The first-order chi connectivity index (χ1) is 28.0. The first kappa shape index (κ1) is 40.5. The van der Waals surface area contributed by atoms with Gasteiger partial charge in [-0.25, -0.2) is 15.0 Å². The fourth-order valence-electron chi connectivity index (χ4n) is 6.90. The minimum atomic E-state index is -4.59. The SMILES string of the molecule is Nc1sc(-c2ccc(C(=O)NCCCCCCNc3ncnc4c3ncn4[C@@H]3O[C@H](CO)[C@@H](O)[C@H]3O)cc2)c(-c2cccc(C(F)(F)F)c2)c1C(=O)c1ccccc1. The third-order valence-corrected chi connectivity index (χ3v) is 11.0. The van der Waals surface area contributed by atoms with Gasteiger partial charge in [-0.1, -0.05) is 67.4 Å². The number of rotatable bonds is 15. The molecule has 7 N–H and O–H groups in total. The highest BCUT2D eigenvalue weighted by molar-refractivity contribution is 7.20. The average molecular weight is 816 g/mol. The number of nitrogens with one attached hydrogen (secondary N) is 2. The predicted octanol–water partition coefficient (Wildman–Crippen LogP) is 6.07. The third kappa shape index (κ3) is 8.44. The van der Waals surface area contributed by atoms with Crippen LogP contribution in [0.25, 0.3) is 32.7 Å². The summed E-state index contributed by atoms with van der Waals surface area (Å²) in [6.45, 7) is 0.600. The molecule has 17 heteroatoms. The number of ether oxygens (including phenoxy) is 1. The van der Waals surface area contributed by atoms with E-state index in [9.17, 15) is 38.1 Å². The smallest absolute Gasteiger partial charge is 0.394 e. The topological polar surface area (TPSA) is 198 Å². The van der Waals surface area contributed by atoms with Gasteiger partial charge in [0.1, 0.15) is 24.6 Å². The summed E-state index contributed by atoms with van der Waals surface area (Å²) < 4.78 is 48.4. The maximum Gasteiger partial charge on any atom is 0.416 e. The van der Waals surface area contributed by atoms with E-state index in [1.165, 1.54) is 29.4 Å². The number of nitrogens with zero attached hydrogens (tertiary/aromatic N) is 4. The Morgan fingerprint density at radius 1 is 0.862 bits per heavy atom. The molecule has 3 aromatic heterocycles. The molecule has 0 aliphatic carbocycles. The normalized spacial score (nSPS) is 18.1. The van der Waals surface area contributed by atoms with Crippen molar-refractivity contribution in [2.75, 3.05) is 30.7 Å². The van der Waals surface area contributed by atoms with Gasteiger partial charge in [0.25, 0.3) is 5.91 Å². The Kier molecular flexibility index (Phi) is 12.2. The number of alkyl halides is 3. The van der Waals surface area contributed by atoms with Crippen LogP contribution in [-0.2, 0) is 10.9 Å². The van der Waals surface area contributed by atoms with E-state index in [1.54, 1.807) is 54.6 Å². The molecule has 302 valence electrons. The molecule has 1 saturated heterocycles. The summed E-state index contributed by atoms with van der Waals surface area (Å²) in [5.74, 6) is -0.181. The first-order valence-corrected chi connectivity index (χ1v) is 19.4. The van der Waals surface area contributed by atoms with Crippen LogP contribution < -0.4 is 16.4 Å². The first-order valence-electron chi connectivity index (χ1n) is 18.6. The quantitative estimate of drug-likeness (QED) is 0.0520. The number of nitrogens with two attached hydrogens (primary N) is 1. The predicted molar refractivity (Wildman–Crippen MR) is 212 cm³/mol. The lowest BCUT2D eigenvalue weighted by Crippen LogP contribution is -2.33. The summed E-state index contributed by atoms with van der Waals surface area (Å²) in [5, 5.41) is 36.3. The van der Waals surface area contributed by atoms with E-state index < -0.39 is 48.7 Å². The number of thiophene rings is 1. The van der Waals surface area contributed by atoms with Crippen LogP contribution in [-0.4, -0.2) is 84.5 Å². The fraction of sp³-hybridized carbons (Fsp3) is 0.293. The molecule has 1 aliphatic heterocycles. The van der Waals surface area contributed by atoms with E-state index in [0.717, 1.165) is 49.2 Å². The Bertz CT molecular complexity index is 2390. The van der Waals surface area contributed by atoms with Gasteiger partial charge >= 0.3 is 6.18 Å². The van der Waals surface area contributed by atoms with Crippen molar-refractivity contribution in [2.24, 2.45) is 0 Å². The van der Waals surface area contributed by atoms with E-state index >= 15 is 0 Å². The van der Waals surface area contributed by atoms with Crippen molar-refractivity contribution < 1.29 is 42.8 Å². The van der Waals surface area contributed by atoms with Crippen LogP contribution in [0.3, 0.4) is 0 Å². The van der Waals surface area contributed by atoms with Crippen LogP contribution in [0.15, 0.2) is 91.5 Å². The Morgan fingerprint density at radius 2 is 1.60 bits per heavy atom. The van der Waals surface area contributed by atoms with Gasteiger partial charge in [0.15, 0.2) is 29.0 Å². The number of benzene rings is 3. The second-order valence-corrected chi connectivity index (χ2v) is 14.8. The lowest BCUT2D eigenvalue weighted by molar-refractivity contribution is -0.137. The summed E-state index contributed by atoms with van der Waals surface area (Å²) in [6.07, 6.45) is -2.93. The van der Waals surface area contributed by atoms with Gasteiger partial charge < -0.3 is 36.4 Å². The number of nitrogen functional groups attached to an aromatic ring is 1. The van der Waals surface area contributed by atoms with Crippen molar-refractivity contribution in [1.29, 1.82) is 0 Å². The van der Waals surface area contributed by atoms with Crippen molar-refractivity contribution >= 4 is 45.0 Å². The molecule has 1 fully saturated rings. The van der Waals surface area contributed by atoms with Crippen molar-refractivity contribution in [3.8, 4) is 21.6 Å². The molecule has 0 bridgehead atoms. The molecule has 3 aromatic carbocycles. The molecule has 0 unspecified atom stereocenters. The number of aliphatic hydroxyl groups is 3. The van der Waals surface area contributed by atoms with Crippen molar-refractivity contribution in [3.63, 3.8) is 0 Å². The molecular weight excluding hydrogens is 776 g/mol. The van der Waals surface area contributed by atoms with Gasteiger partial charge in [0.2, 0.25) is 0 Å². The average Bonchev–Trinajstić information content (AvgIpc) is 3.91. The third-order valence-electron chi connectivity index (χ3n) is 9.92. The number of carbonyl (C=O) groups is 2. The number of unbranched alkanes of at least 4 members (excludes halogenated alkanes) is 3. The Morgan fingerprint density at radius 3 is 2.31 bits per heavy atom. The van der Waals surface area contributed by atoms with Gasteiger partial charge in [-0.3, -0.25) is 14.2 Å². The van der Waals surface area contributed by atoms with Crippen molar-refractivity contribution in [2.45, 2.75) is 56.4 Å². The minimum absolute atomic E-state index is 0.123. The molecule has 6 aromatic rings. The molecular formula is C41H40F3N7O6S. The number of hydrogen-bond acceptors (Lipinski definition) is 12. The zero-order valence-corrected chi connectivity index (χ0v) is 31.7. The molecule has 4 heterocycles. The second-order valence-electron chi connectivity index (χ2n) is 13.8. The Hall–Kier alpha value is -5.72. The van der Waals surface area contributed by atoms with Gasteiger partial charge in [-0.15, -0.1) is 11.3 Å². The number of halogens is 3. The molecule has 1 aliphatic rings. The molecule has 7 rings (SSSR count). The molecule has 0 saturated carbocycles. The van der Waals surface area contributed by atoms with Gasteiger partial charge in [0, 0.05) is 34.7 Å². The van der Waals surface area contributed by atoms with Crippen LogP contribution in [0.2, 0.25) is 0 Å².